The number of aldehydes is 2. The third-order valence-electron chi connectivity index (χ3n) is 9.02. The van der Waals surface area contributed by atoms with Crippen molar-refractivity contribution < 1.29 is 19.8 Å². The van der Waals surface area contributed by atoms with Gasteiger partial charge in [0.25, 0.3) is 0 Å². The first-order valence-corrected chi connectivity index (χ1v) is 13.0. The van der Waals surface area contributed by atoms with Gasteiger partial charge in [0.1, 0.15) is 11.5 Å². The Labute approximate surface area is 202 Å². The number of aryl methyl sites for hydroxylation is 2. The van der Waals surface area contributed by atoms with Crippen LogP contribution in [0, 0.1) is 11.8 Å². The van der Waals surface area contributed by atoms with Gasteiger partial charge in [-0.3, -0.25) is 9.59 Å². The second-order valence-corrected chi connectivity index (χ2v) is 11.4. The lowest BCUT2D eigenvalue weighted by molar-refractivity contribution is -0.0282. The lowest BCUT2D eigenvalue weighted by atomic mass is 9.41. The van der Waals surface area contributed by atoms with Gasteiger partial charge >= 0.3 is 0 Å². The van der Waals surface area contributed by atoms with E-state index in [1.165, 1.54) is 17.5 Å². The number of phenolic OH excluding ortho intramolecular Hbond substituents is 2. The Morgan fingerprint density at radius 2 is 1.18 bits per heavy atom. The molecule has 0 aromatic heterocycles. The molecule has 0 atom stereocenters. The van der Waals surface area contributed by atoms with Crippen molar-refractivity contribution in [2.45, 2.75) is 88.9 Å². The van der Waals surface area contributed by atoms with Crippen molar-refractivity contribution in [2.75, 3.05) is 0 Å². The molecule has 2 N–H and O–H groups in total. The summed E-state index contributed by atoms with van der Waals surface area (Å²) < 4.78 is 0. The van der Waals surface area contributed by atoms with E-state index in [2.05, 4.69) is 26.0 Å². The van der Waals surface area contributed by atoms with E-state index in [0.717, 1.165) is 81.5 Å². The van der Waals surface area contributed by atoms with Crippen LogP contribution in [-0.4, -0.2) is 22.8 Å². The number of hydrogen-bond donors (Lipinski definition) is 2. The zero-order chi connectivity index (χ0) is 24.1. The van der Waals surface area contributed by atoms with Gasteiger partial charge in [-0.25, -0.2) is 0 Å². The molecule has 0 aliphatic heterocycles. The number of phenols is 2. The van der Waals surface area contributed by atoms with Crippen molar-refractivity contribution in [1.29, 1.82) is 0 Å². The van der Waals surface area contributed by atoms with E-state index in [-0.39, 0.29) is 22.3 Å². The molecule has 0 spiro atoms. The maximum atomic E-state index is 11.8. The van der Waals surface area contributed by atoms with E-state index in [0.29, 0.717) is 23.0 Å². The molecule has 4 fully saturated rings. The Morgan fingerprint density at radius 1 is 0.765 bits per heavy atom. The van der Waals surface area contributed by atoms with E-state index < -0.39 is 0 Å². The molecular formula is C30H36O4. The number of aromatic hydroxyl groups is 2. The summed E-state index contributed by atoms with van der Waals surface area (Å²) in [5.74, 6) is 1.51. The van der Waals surface area contributed by atoms with Gasteiger partial charge in [0, 0.05) is 0 Å². The van der Waals surface area contributed by atoms with Gasteiger partial charge < -0.3 is 10.2 Å². The lowest BCUT2D eigenvalue weighted by Crippen LogP contribution is -2.56. The zero-order valence-corrected chi connectivity index (χ0v) is 20.4. The fourth-order valence-corrected chi connectivity index (χ4v) is 8.09. The van der Waals surface area contributed by atoms with Crippen LogP contribution in [0.4, 0.5) is 0 Å². The Balaban J connectivity index is 1.63. The summed E-state index contributed by atoms with van der Waals surface area (Å²) in [5.41, 5.74) is 4.96. The van der Waals surface area contributed by atoms with Crippen LogP contribution in [0.2, 0.25) is 0 Å². The monoisotopic (exact) mass is 460 g/mol. The Bertz CT molecular complexity index is 1030. The summed E-state index contributed by atoms with van der Waals surface area (Å²) in [5, 5.41) is 21.3. The van der Waals surface area contributed by atoms with Crippen molar-refractivity contribution in [2.24, 2.45) is 11.8 Å². The molecule has 34 heavy (non-hydrogen) atoms. The van der Waals surface area contributed by atoms with E-state index in [1.54, 1.807) is 0 Å². The Kier molecular flexibility index (Phi) is 5.82. The van der Waals surface area contributed by atoms with Gasteiger partial charge in [0.15, 0.2) is 12.6 Å². The zero-order valence-electron chi connectivity index (χ0n) is 20.4. The molecule has 4 bridgehead atoms. The molecule has 4 aliphatic carbocycles. The first-order chi connectivity index (χ1) is 16.4. The molecule has 4 nitrogen and oxygen atoms in total. The third kappa shape index (κ3) is 3.57. The molecule has 180 valence electrons. The summed E-state index contributed by atoms with van der Waals surface area (Å²) in [6.07, 6.45) is 11.7. The number of carbonyl (C=O) groups excluding carboxylic acids is 2. The number of carbonyl (C=O) groups is 2. The minimum atomic E-state index is -0.0117. The largest absolute Gasteiger partial charge is 0.507 e. The van der Waals surface area contributed by atoms with Gasteiger partial charge in [0.05, 0.1) is 11.1 Å². The molecule has 0 radical (unpaired) electrons. The highest BCUT2D eigenvalue weighted by atomic mass is 16.3. The van der Waals surface area contributed by atoms with E-state index in [4.69, 9.17) is 0 Å². The topological polar surface area (TPSA) is 74.6 Å². The van der Waals surface area contributed by atoms with Gasteiger partial charge in [-0.2, -0.15) is 0 Å². The second kappa shape index (κ2) is 8.55. The third-order valence-corrected chi connectivity index (χ3v) is 9.02. The van der Waals surface area contributed by atoms with Gasteiger partial charge in [-0.05, 0) is 108 Å². The number of rotatable bonds is 8. The highest BCUT2D eigenvalue weighted by molar-refractivity contribution is 5.81. The number of benzene rings is 2. The molecule has 4 heteroatoms. The Morgan fingerprint density at radius 3 is 1.53 bits per heavy atom. The molecule has 4 saturated carbocycles. The van der Waals surface area contributed by atoms with Crippen LogP contribution in [0.5, 0.6) is 11.5 Å². The van der Waals surface area contributed by atoms with Crippen LogP contribution in [0.15, 0.2) is 24.3 Å². The summed E-state index contributed by atoms with van der Waals surface area (Å²) in [6, 6.07) is 8.22. The quantitative estimate of drug-likeness (QED) is 0.446. The average molecular weight is 461 g/mol. The summed E-state index contributed by atoms with van der Waals surface area (Å²) in [7, 11) is 0. The molecule has 0 amide bonds. The molecule has 6 rings (SSSR count). The van der Waals surface area contributed by atoms with Crippen LogP contribution in [-0.2, 0) is 23.7 Å². The lowest BCUT2D eigenvalue weighted by Gasteiger charge is -2.63. The molecule has 0 saturated heterocycles. The predicted molar refractivity (Wildman–Crippen MR) is 133 cm³/mol. The van der Waals surface area contributed by atoms with Gasteiger partial charge in [-0.15, -0.1) is 0 Å². The summed E-state index contributed by atoms with van der Waals surface area (Å²) in [4.78, 5) is 23.7. The first kappa shape index (κ1) is 23.1. The summed E-state index contributed by atoms with van der Waals surface area (Å²) in [6.45, 7) is 4.19. The van der Waals surface area contributed by atoms with E-state index in [9.17, 15) is 19.8 Å². The second-order valence-electron chi connectivity index (χ2n) is 11.4. The normalized spacial score (nSPS) is 29.4. The van der Waals surface area contributed by atoms with Crippen LogP contribution in [0.25, 0.3) is 0 Å². The highest BCUT2D eigenvalue weighted by Crippen LogP contribution is 2.66. The number of hydrogen-bond acceptors (Lipinski definition) is 4. The predicted octanol–water partition coefficient (Wildman–Crippen LogP) is 6.42. The molecule has 2 aromatic rings. The van der Waals surface area contributed by atoms with Crippen LogP contribution in [0.1, 0.15) is 108 Å². The van der Waals surface area contributed by atoms with Crippen molar-refractivity contribution in [3.05, 3.63) is 57.6 Å². The standard InChI is InChI=1S/C30H36O4/c1-3-5-21-8-25(10-23(16-31)27(21)33)29-12-19-7-20(13-29)15-30(14-19,18-29)26-9-22(6-4-2)28(34)24(11-26)17-32/h8-11,16-17,19-20,33-34H,3-7,12-15,18H2,1-2H3. The molecule has 0 unspecified atom stereocenters. The molecule has 4 aliphatic rings. The minimum Gasteiger partial charge on any atom is -0.507 e. The smallest absolute Gasteiger partial charge is 0.153 e. The highest BCUT2D eigenvalue weighted by Gasteiger charge is 2.58. The van der Waals surface area contributed by atoms with Crippen molar-refractivity contribution in [3.63, 3.8) is 0 Å². The first-order valence-electron chi connectivity index (χ1n) is 13.0. The average Bonchev–Trinajstić information content (AvgIpc) is 2.81. The molecular weight excluding hydrogens is 424 g/mol. The Hall–Kier alpha value is -2.62. The van der Waals surface area contributed by atoms with Crippen molar-refractivity contribution in [3.8, 4) is 11.5 Å². The van der Waals surface area contributed by atoms with Gasteiger partial charge in [-0.1, -0.05) is 38.8 Å². The molecule has 0 heterocycles. The van der Waals surface area contributed by atoms with E-state index >= 15 is 0 Å². The fraction of sp³-hybridized carbons (Fsp3) is 0.533. The van der Waals surface area contributed by atoms with Crippen LogP contribution >= 0.6 is 0 Å². The summed E-state index contributed by atoms with van der Waals surface area (Å²) >= 11 is 0. The minimum absolute atomic E-state index is 0.0117. The fourth-order valence-electron chi connectivity index (χ4n) is 8.09. The van der Waals surface area contributed by atoms with Crippen molar-refractivity contribution >= 4 is 12.6 Å². The van der Waals surface area contributed by atoms with Crippen LogP contribution < -0.4 is 0 Å². The maximum Gasteiger partial charge on any atom is 0.153 e. The van der Waals surface area contributed by atoms with Crippen LogP contribution in [0.3, 0.4) is 0 Å². The van der Waals surface area contributed by atoms with Crippen molar-refractivity contribution in [1.82, 2.24) is 0 Å². The maximum absolute atomic E-state index is 11.8. The SMILES string of the molecule is CCCc1cc(C23CC4CC(C2)CC(c2cc(C=O)c(O)c(CCC)c2)(C4)C3)cc(C=O)c1O. The van der Waals surface area contributed by atoms with Gasteiger partial charge in [0.2, 0.25) is 0 Å². The molecule has 2 aromatic carbocycles. The van der Waals surface area contributed by atoms with E-state index in [1.807, 2.05) is 12.1 Å².